The first kappa shape index (κ1) is 13.4. The number of nitrogens with one attached hydrogen (secondary N) is 2. The van der Waals surface area contributed by atoms with Gasteiger partial charge in [0.15, 0.2) is 0 Å². The third kappa shape index (κ3) is 8.01. The van der Waals surface area contributed by atoms with Gasteiger partial charge in [0, 0.05) is 6.04 Å². The monoisotopic (exact) mass is 202 g/mol. The van der Waals surface area contributed by atoms with Crippen molar-refractivity contribution in [2.24, 2.45) is 5.92 Å². The van der Waals surface area contributed by atoms with Crippen molar-refractivity contribution < 1.29 is 9.63 Å². The lowest BCUT2D eigenvalue weighted by molar-refractivity contribution is -0.123. The van der Waals surface area contributed by atoms with Crippen LogP contribution in [0.15, 0.2) is 0 Å². The second kappa shape index (κ2) is 7.76. The van der Waals surface area contributed by atoms with Gasteiger partial charge < -0.3 is 10.2 Å². The van der Waals surface area contributed by atoms with Crippen molar-refractivity contribution in [3.05, 3.63) is 0 Å². The molecule has 0 saturated heterocycles. The van der Waals surface area contributed by atoms with Crippen molar-refractivity contribution in [1.82, 2.24) is 10.8 Å². The smallest absolute Gasteiger partial charge is 0.236 e. The summed E-state index contributed by atoms with van der Waals surface area (Å²) in [6.07, 6.45) is 0.943. The van der Waals surface area contributed by atoms with Crippen molar-refractivity contribution >= 4 is 5.91 Å². The third-order valence-corrected chi connectivity index (χ3v) is 1.77. The van der Waals surface area contributed by atoms with Gasteiger partial charge in [0.05, 0.1) is 13.2 Å². The normalized spacial score (nSPS) is 12.9. The number of carbonyl (C=O) groups excluding carboxylic acids is 1. The summed E-state index contributed by atoms with van der Waals surface area (Å²) in [4.78, 5) is 16.3. The van der Waals surface area contributed by atoms with Gasteiger partial charge in [0.2, 0.25) is 5.91 Å². The number of rotatable bonds is 7. The van der Waals surface area contributed by atoms with Crippen LogP contribution < -0.4 is 10.8 Å². The Morgan fingerprint density at radius 1 is 1.36 bits per heavy atom. The highest BCUT2D eigenvalue weighted by molar-refractivity contribution is 5.78. The molecule has 1 amide bonds. The van der Waals surface area contributed by atoms with E-state index in [4.69, 9.17) is 4.84 Å². The van der Waals surface area contributed by atoms with Gasteiger partial charge in [0.1, 0.15) is 0 Å². The quantitative estimate of drug-likeness (QED) is 0.480. The van der Waals surface area contributed by atoms with Crippen LogP contribution in [0, 0.1) is 5.92 Å². The van der Waals surface area contributed by atoms with Crippen LogP contribution in [0.25, 0.3) is 0 Å². The van der Waals surface area contributed by atoms with Crippen LogP contribution >= 0.6 is 0 Å². The molecule has 0 bridgehead atoms. The molecule has 4 nitrogen and oxygen atoms in total. The number of amides is 1. The number of hydrogen-bond donors (Lipinski definition) is 2. The first-order valence-electron chi connectivity index (χ1n) is 5.20. The third-order valence-electron chi connectivity index (χ3n) is 1.77. The standard InChI is InChI=1S/C10H22N2O2/c1-5-9(4)12-10(13)6-11-14-7-8(2)3/h8-9,11H,5-7H2,1-4H3,(H,12,13). The molecule has 0 aromatic carbocycles. The average molecular weight is 202 g/mol. The van der Waals surface area contributed by atoms with Crippen LogP contribution in [0.2, 0.25) is 0 Å². The average Bonchev–Trinajstić information content (AvgIpc) is 2.12. The summed E-state index contributed by atoms with van der Waals surface area (Å²) in [5.41, 5.74) is 2.63. The molecule has 4 heteroatoms. The van der Waals surface area contributed by atoms with Gasteiger partial charge in [-0.1, -0.05) is 20.8 Å². The summed E-state index contributed by atoms with van der Waals surface area (Å²) in [6.45, 7) is 8.97. The lowest BCUT2D eigenvalue weighted by atomic mass is 10.2. The van der Waals surface area contributed by atoms with E-state index in [1.54, 1.807) is 0 Å². The molecule has 0 spiro atoms. The molecule has 0 aromatic heterocycles. The zero-order valence-corrected chi connectivity index (χ0v) is 9.59. The lowest BCUT2D eigenvalue weighted by Gasteiger charge is -2.12. The molecule has 0 aromatic rings. The maximum Gasteiger partial charge on any atom is 0.236 e. The number of carbonyl (C=O) groups is 1. The minimum Gasteiger partial charge on any atom is -0.352 e. The molecule has 14 heavy (non-hydrogen) atoms. The Kier molecular flexibility index (Phi) is 7.42. The van der Waals surface area contributed by atoms with E-state index in [1.807, 2.05) is 13.8 Å². The summed E-state index contributed by atoms with van der Waals surface area (Å²) in [5.74, 6) is 0.447. The summed E-state index contributed by atoms with van der Waals surface area (Å²) >= 11 is 0. The predicted molar refractivity (Wildman–Crippen MR) is 56.7 cm³/mol. The van der Waals surface area contributed by atoms with E-state index in [1.165, 1.54) is 0 Å². The molecule has 0 saturated carbocycles. The van der Waals surface area contributed by atoms with Crippen molar-refractivity contribution in [2.75, 3.05) is 13.2 Å². The fourth-order valence-corrected chi connectivity index (χ4v) is 0.770. The topological polar surface area (TPSA) is 50.4 Å². The van der Waals surface area contributed by atoms with Crippen LogP contribution in [-0.4, -0.2) is 25.1 Å². The Labute approximate surface area is 86.4 Å². The van der Waals surface area contributed by atoms with Crippen molar-refractivity contribution in [2.45, 2.75) is 40.2 Å². The van der Waals surface area contributed by atoms with Gasteiger partial charge in [-0.25, -0.2) is 0 Å². The highest BCUT2D eigenvalue weighted by Crippen LogP contribution is 1.89. The maximum absolute atomic E-state index is 11.2. The number of hydroxylamine groups is 1. The molecule has 84 valence electrons. The van der Waals surface area contributed by atoms with Gasteiger partial charge in [-0.2, -0.15) is 5.48 Å². The van der Waals surface area contributed by atoms with Gasteiger partial charge in [0.25, 0.3) is 0 Å². The molecule has 0 fully saturated rings. The van der Waals surface area contributed by atoms with Crippen LogP contribution in [-0.2, 0) is 9.63 Å². The van der Waals surface area contributed by atoms with E-state index in [0.29, 0.717) is 12.5 Å². The molecule has 0 aliphatic carbocycles. The van der Waals surface area contributed by atoms with E-state index in [2.05, 4.69) is 24.6 Å². The molecular formula is C10H22N2O2. The summed E-state index contributed by atoms with van der Waals surface area (Å²) in [6, 6.07) is 0.231. The molecule has 0 aliphatic rings. The Morgan fingerprint density at radius 3 is 2.50 bits per heavy atom. The van der Waals surface area contributed by atoms with Gasteiger partial charge in [-0.05, 0) is 19.3 Å². The second-order valence-electron chi connectivity index (χ2n) is 3.90. The van der Waals surface area contributed by atoms with E-state index in [-0.39, 0.29) is 18.5 Å². The molecule has 0 heterocycles. The largest absolute Gasteiger partial charge is 0.352 e. The van der Waals surface area contributed by atoms with Crippen LogP contribution in [0.5, 0.6) is 0 Å². The van der Waals surface area contributed by atoms with Crippen LogP contribution in [0.3, 0.4) is 0 Å². The van der Waals surface area contributed by atoms with E-state index >= 15 is 0 Å². The summed E-state index contributed by atoms with van der Waals surface area (Å²) < 4.78 is 0. The Morgan fingerprint density at radius 2 is 2.00 bits per heavy atom. The summed E-state index contributed by atoms with van der Waals surface area (Å²) in [5, 5.41) is 2.84. The van der Waals surface area contributed by atoms with Gasteiger partial charge in [-0.15, -0.1) is 0 Å². The SMILES string of the molecule is CCC(C)NC(=O)CNOCC(C)C. The zero-order chi connectivity index (χ0) is 11.0. The minimum absolute atomic E-state index is 0.0249. The summed E-state index contributed by atoms with van der Waals surface area (Å²) in [7, 11) is 0. The van der Waals surface area contributed by atoms with Gasteiger partial charge >= 0.3 is 0 Å². The molecule has 0 aliphatic heterocycles. The van der Waals surface area contributed by atoms with E-state index < -0.39 is 0 Å². The highest BCUT2D eigenvalue weighted by Gasteiger charge is 2.04. The fourth-order valence-electron chi connectivity index (χ4n) is 0.770. The molecular weight excluding hydrogens is 180 g/mol. The van der Waals surface area contributed by atoms with Crippen molar-refractivity contribution in [1.29, 1.82) is 0 Å². The van der Waals surface area contributed by atoms with Crippen LogP contribution in [0.4, 0.5) is 0 Å². The lowest BCUT2D eigenvalue weighted by Crippen LogP contribution is -2.39. The number of hydrogen-bond acceptors (Lipinski definition) is 3. The maximum atomic E-state index is 11.2. The van der Waals surface area contributed by atoms with Crippen LogP contribution in [0.1, 0.15) is 34.1 Å². The predicted octanol–water partition coefficient (Wildman–Crippen LogP) is 1.08. The molecule has 0 rings (SSSR count). The molecule has 2 N–H and O–H groups in total. The van der Waals surface area contributed by atoms with Crippen molar-refractivity contribution in [3.63, 3.8) is 0 Å². The highest BCUT2D eigenvalue weighted by atomic mass is 16.6. The molecule has 1 atom stereocenters. The van der Waals surface area contributed by atoms with Gasteiger partial charge in [-0.3, -0.25) is 4.79 Å². The Bertz CT molecular complexity index is 160. The second-order valence-corrected chi connectivity index (χ2v) is 3.90. The first-order chi connectivity index (χ1) is 6.56. The van der Waals surface area contributed by atoms with E-state index in [0.717, 1.165) is 6.42 Å². The van der Waals surface area contributed by atoms with Crippen molar-refractivity contribution in [3.8, 4) is 0 Å². The fraction of sp³-hybridized carbons (Fsp3) is 0.900. The Balaban J connectivity index is 3.36. The molecule has 1 unspecified atom stereocenters. The van der Waals surface area contributed by atoms with E-state index in [9.17, 15) is 4.79 Å². The zero-order valence-electron chi connectivity index (χ0n) is 9.59. The first-order valence-corrected chi connectivity index (χ1v) is 5.20. The minimum atomic E-state index is -0.0249. The Hall–Kier alpha value is -0.610. The molecule has 0 radical (unpaired) electrons.